The number of aryl methyl sites for hydroxylation is 1. The number of hydrogen-bond donors (Lipinski definition) is 1. The van der Waals surface area contributed by atoms with Gasteiger partial charge in [-0.1, -0.05) is 13.8 Å². The maximum absolute atomic E-state index is 11.0. The number of nitrogens with zero attached hydrogens (tertiary/aromatic N) is 6. The number of carboxylic acid groups (broad SMARTS) is 1. The molecule has 2 rings (SSSR count). The quantitative estimate of drug-likeness (QED) is 0.855. The van der Waals surface area contributed by atoms with Crippen LogP contribution in [0, 0.1) is 5.92 Å². The first kappa shape index (κ1) is 13.2. The molecule has 0 saturated carbocycles. The van der Waals surface area contributed by atoms with Crippen molar-refractivity contribution in [2.75, 3.05) is 0 Å². The summed E-state index contributed by atoms with van der Waals surface area (Å²) in [5.74, 6) is -0.288. The number of tetrazole rings is 1. The molecular formula is C11H16N6O2. The molecule has 0 aliphatic heterocycles. The molecule has 0 amide bonds. The Morgan fingerprint density at radius 2 is 2.21 bits per heavy atom. The van der Waals surface area contributed by atoms with Crippen molar-refractivity contribution in [1.82, 2.24) is 29.8 Å². The summed E-state index contributed by atoms with van der Waals surface area (Å²) in [6.45, 7) is 3.88. The number of carbonyl (C=O) groups is 1. The van der Waals surface area contributed by atoms with Gasteiger partial charge in [0.25, 0.3) is 0 Å². The van der Waals surface area contributed by atoms with Crippen LogP contribution in [0.3, 0.4) is 0 Å². The topological polar surface area (TPSA) is 98.7 Å². The van der Waals surface area contributed by atoms with E-state index in [4.69, 9.17) is 5.11 Å². The Kier molecular flexibility index (Phi) is 3.59. The van der Waals surface area contributed by atoms with Crippen molar-refractivity contribution in [1.29, 1.82) is 0 Å². The molecule has 0 aliphatic carbocycles. The molecule has 0 bridgehead atoms. The van der Waals surface area contributed by atoms with Crippen molar-refractivity contribution in [3.63, 3.8) is 0 Å². The fourth-order valence-corrected chi connectivity index (χ4v) is 1.90. The maximum Gasteiger partial charge on any atom is 0.305 e. The molecule has 0 aliphatic rings. The Hall–Kier alpha value is -2.25. The SMILES string of the molecule is CC(C)C(CC(=O)O)n1nnnc1-c1cn(C)cn1. The fraction of sp³-hybridized carbons (Fsp3) is 0.545. The highest BCUT2D eigenvalue weighted by molar-refractivity contribution is 5.67. The van der Waals surface area contributed by atoms with Gasteiger partial charge in [0.05, 0.1) is 18.8 Å². The van der Waals surface area contributed by atoms with Crippen LogP contribution in [0.2, 0.25) is 0 Å². The van der Waals surface area contributed by atoms with Gasteiger partial charge in [-0.05, 0) is 16.3 Å². The van der Waals surface area contributed by atoms with Crippen LogP contribution in [0.25, 0.3) is 11.5 Å². The van der Waals surface area contributed by atoms with E-state index >= 15 is 0 Å². The van der Waals surface area contributed by atoms with Gasteiger partial charge in [0.2, 0.25) is 5.82 Å². The minimum atomic E-state index is -0.874. The van der Waals surface area contributed by atoms with Gasteiger partial charge in [-0.25, -0.2) is 9.67 Å². The molecule has 8 nitrogen and oxygen atoms in total. The molecule has 19 heavy (non-hydrogen) atoms. The normalized spacial score (nSPS) is 12.8. The zero-order chi connectivity index (χ0) is 14.0. The summed E-state index contributed by atoms with van der Waals surface area (Å²) in [7, 11) is 1.85. The van der Waals surface area contributed by atoms with Crippen LogP contribution < -0.4 is 0 Å². The number of aliphatic carboxylic acids is 1. The number of aromatic nitrogens is 6. The summed E-state index contributed by atoms with van der Waals surface area (Å²) < 4.78 is 3.33. The average molecular weight is 264 g/mol. The molecular weight excluding hydrogens is 248 g/mol. The molecule has 0 fully saturated rings. The second-order valence-corrected chi connectivity index (χ2v) is 4.78. The van der Waals surface area contributed by atoms with E-state index in [-0.39, 0.29) is 18.4 Å². The number of rotatable bonds is 5. The second kappa shape index (κ2) is 5.17. The highest BCUT2D eigenvalue weighted by Gasteiger charge is 2.24. The minimum absolute atomic E-state index is 0.0253. The van der Waals surface area contributed by atoms with Gasteiger partial charge in [0.15, 0.2) is 0 Å². The molecule has 1 atom stereocenters. The van der Waals surface area contributed by atoms with E-state index in [0.717, 1.165) is 0 Å². The van der Waals surface area contributed by atoms with Crippen molar-refractivity contribution < 1.29 is 9.90 Å². The van der Waals surface area contributed by atoms with E-state index in [0.29, 0.717) is 11.5 Å². The smallest absolute Gasteiger partial charge is 0.305 e. The van der Waals surface area contributed by atoms with Crippen molar-refractivity contribution in [2.24, 2.45) is 13.0 Å². The summed E-state index contributed by atoms with van der Waals surface area (Å²) >= 11 is 0. The first-order valence-electron chi connectivity index (χ1n) is 5.97. The van der Waals surface area contributed by atoms with Crippen LogP contribution >= 0.6 is 0 Å². The molecule has 2 heterocycles. The lowest BCUT2D eigenvalue weighted by Crippen LogP contribution is -2.21. The third kappa shape index (κ3) is 2.78. The predicted molar refractivity (Wildman–Crippen MR) is 66.1 cm³/mol. The molecule has 8 heteroatoms. The number of carboxylic acids is 1. The highest BCUT2D eigenvalue weighted by Crippen LogP contribution is 2.25. The van der Waals surface area contributed by atoms with Gasteiger partial charge < -0.3 is 9.67 Å². The van der Waals surface area contributed by atoms with Crippen LogP contribution in [-0.2, 0) is 11.8 Å². The lowest BCUT2D eigenvalue weighted by Gasteiger charge is -2.19. The van der Waals surface area contributed by atoms with Crippen LogP contribution in [0.4, 0.5) is 0 Å². The Morgan fingerprint density at radius 1 is 1.47 bits per heavy atom. The molecule has 2 aromatic rings. The average Bonchev–Trinajstić information content (AvgIpc) is 2.93. The van der Waals surface area contributed by atoms with E-state index in [1.807, 2.05) is 20.9 Å². The molecule has 102 valence electrons. The second-order valence-electron chi connectivity index (χ2n) is 4.78. The van der Waals surface area contributed by atoms with Gasteiger partial charge >= 0.3 is 5.97 Å². The van der Waals surface area contributed by atoms with Crippen molar-refractivity contribution in [3.05, 3.63) is 12.5 Å². The van der Waals surface area contributed by atoms with Crippen LogP contribution in [0.5, 0.6) is 0 Å². The Morgan fingerprint density at radius 3 is 2.74 bits per heavy atom. The third-order valence-electron chi connectivity index (χ3n) is 2.89. The third-order valence-corrected chi connectivity index (χ3v) is 2.89. The van der Waals surface area contributed by atoms with Gasteiger partial charge in [-0.3, -0.25) is 4.79 Å². The van der Waals surface area contributed by atoms with E-state index in [2.05, 4.69) is 20.5 Å². The standard InChI is InChI=1S/C11H16N6O2/c1-7(2)9(4-10(18)19)17-11(13-14-15-17)8-5-16(3)6-12-8/h5-7,9H,4H2,1-3H3,(H,18,19). The van der Waals surface area contributed by atoms with Crippen molar-refractivity contribution in [2.45, 2.75) is 26.3 Å². The number of imidazole rings is 1. The van der Waals surface area contributed by atoms with Crippen LogP contribution in [0.1, 0.15) is 26.3 Å². The largest absolute Gasteiger partial charge is 0.481 e. The van der Waals surface area contributed by atoms with Gasteiger partial charge in [0.1, 0.15) is 5.69 Å². The predicted octanol–water partition coefficient (Wildman–Crippen LogP) is 0.745. The van der Waals surface area contributed by atoms with Gasteiger partial charge in [-0.2, -0.15) is 0 Å². The molecule has 1 unspecified atom stereocenters. The van der Waals surface area contributed by atoms with Gasteiger partial charge in [-0.15, -0.1) is 5.10 Å². The lowest BCUT2D eigenvalue weighted by atomic mass is 10.0. The first-order valence-corrected chi connectivity index (χ1v) is 5.97. The van der Waals surface area contributed by atoms with E-state index < -0.39 is 5.97 Å². The zero-order valence-corrected chi connectivity index (χ0v) is 11.1. The zero-order valence-electron chi connectivity index (χ0n) is 11.1. The van der Waals surface area contributed by atoms with Crippen molar-refractivity contribution in [3.8, 4) is 11.5 Å². The van der Waals surface area contributed by atoms with E-state index in [9.17, 15) is 4.79 Å². The van der Waals surface area contributed by atoms with Gasteiger partial charge in [0, 0.05) is 13.2 Å². The lowest BCUT2D eigenvalue weighted by molar-refractivity contribution is -0.138. The number of hydrogen-bond acceptors (Lipinski definition) is 5. The first-order chi connectivity index (χ1) is 8.99. The highest BCUT2D eigenvalue weighted by atomic mass is 16.4. The summed E-state index contributed by atoms with van der Waals surface area (Å²) in [6, 6.07) is -0.301. The summed E-state index contributed by atoms with van der Waals surface area (Å²) in [6.07, 6.45) is 3.42. The maximum atomic E-state index is 11.0. The molecule has 1 N–H and O–H groups in total. The monoisotopic (exact) mass is 264 g/mol. The Labute approximate surface area is 110 Å². The summed E-state index contributed by atoms with van der Waals surface area (Å²) in [4.78, 5) is 15.2. The van der Waals surface area contributed by atoms with Crippen LogP contribution in [-0.4, -0.2) is 40.8 Å². The van der Waals surface area contributed by atoms with Crippen LogP contribution in [0.15, 0.2) is 12.5 Å². The molecule has 0 saturated heterocycles. The minimum Gasteiger partial charge on any atom is -0.481 e. The molecule has 2 aromatic heterocycles. The van der Waals surface area contributed by atoms with E-state index in [1.54, 1.807) is 21.8 Å². The molecule has 0 radical (unpaired) electrons. The fourth-order valence-electron chi connectivity index (χ4n) is 1.90. The molecule has 0 spiro atoms. The van der Waals surface area contributed by atoms with E-state index in [1.165, 1.54) is 0 Å². The summed E-state index contributed by atoms with van der Waals surface area (Å²) in [5, 5.41) is 20.5. The van der Waals surface area contributed by atoms with Crippen molar-refractivity contribution >= 4 is 5.97 Å². The summed E-state index contributed by atoms with van der Waals surface area (Å²) in [5.41, 5.74) is 0.628. The Bertz CT molecular complexity index is 573. The molecule has 0 aromatic carbocycles. The Balaban J connectivity index is 2.39.